The summed E-state index contributed by atoms with van der Waals surface area (Å²) >= 11 is 9.60. The van der Waals surface area contributed by atoms with E-state index in [1.165, 1.54) is 0 Å². The van der Waals surface area contributed by atoms with Crippen molar-refractivity contribution >= 4 is 51.0 Å². The van der Waals surface area contributed by atoms with E-state index in [0.717, 1.165) is 27.0 Å². The minimum Gasteiger partial charge on any atom is -0.483 e. The fraction of sp³-hybridized carbons (Fsp3) is 0.0909. The quantitative estimate of drug-likeness (QED) is 0.449. The summed E-state index contributed by atoms with van der Waals surface area (Å²) in [4.78, 5) is 16.6. The van der Waals surface area contributed by atoms with E-state index in [9.17, 15) is 4.79 Å². The van der Waals surface area contributed by atoms with E-state index in [0.29, 0.717) is 10.8 Å². The molecule has 0 aliphatic rings. The lowest BCUT2D eigenvalue weighted by molar-refractivity contribution is -0.118. The van der Waals surface area contributed by atoms with Crippen LogP contribution in [0.3, 0.4) is 0 Å². The number of carbonyl (C=O) groups is 1. The van der Waals surface area contributed by atoms with Crippen LogP contribution in [0, 0.1) is 6.92 Å². The number of nitrogens with one attached hydrogen (secondary N) is 1. The monoisotopic (exact) mass is 456 g/mol. The van der Waals surface area contributed by atoms with Crippen molar-refractivity contribution in [1.82, 2.24) is 0 Å². The van der Waals surface area contributed by atoms with Crippen LogP contribution in [0.1, 0.15) is 11.1 Å². The standard InChI is InChI=1S/C22H18BrClN2O2/c1-15-7-9-19(12-20(15)24)25-13-16-11-17(23)8-10-21(16)28-14-22(27)26-18-5-3-2-4-6-18/h2-13H,14H2,1H3,(H,26,27). The number of ether oxygens (including phenoxy) is 1. The maximum Gasteiger partial charge on any atom is 0.262 e. The second-order valence-electron chi connectivity index (χ2n) is 6.08. The molecule has 0 spiro atoms. The van der Waals surface area contributed by atoms with E-state index in [2.05, 4.69) is 26.2 Å². The zero-order valence-corrected chi connectivity index (χ0v) is 17.5. The van der Waals surface area contributed by atoms with Crippen molar-refractivity contribution < 1.29 is 9.53 Å². The van der Waals surface area contributed by atoms with Gasteiger partial charge in [0.25, 0.3) is 5.91 Å². The Morgan fingerprint density at radius 1 is 1.14 bits per heavy atom. The number of benzene rings is 3. The Hall–Kier alpha value is -2.63. The number of anilines is 1. The summed E-state index contributed by atoms with van der Waals surface area (Å²) in [6, 6.07) is 20.4. The van der Waals surface area contributed by atoms with Crippen molar-refractivity contribution in [3.8, 4) is 5.75 Å². The van der Waals surface area contributed by atoms with Gasteiger partial charge < -0.3 is 10.1 Å². The Kier molecular flexibility index (Phi) is 6.85. The molecule has 0 saturated carbocycles. The third-order valence-electron chi connectivity index (χ3n) is 3.90. The lowest BCUT2D eigenvalue weighted by Crippen LogP contribution is -2.20. The fourth-order valence-corrected chi connectivity index (χ4v) is 2.97. The average Bonchev–Trinajstić information content (AvgIpc) is 2.69. The van der Waals surface area contributed by atoms with Crippen molar-refractivity contribution in [2.24, 2.45) is 4.99 Å². The number of aliphatic imine (C=N–C) groups is 1. The highest BCUT2D eigenvalue weighted by Gasteiger charge is 2.07. The van der Waals surface area contributed by atoms with Crippen molar-refractivity contribution in [1.29, 1.82) is 0 Å². The van der Waals surface area contributed by atoms with Crippen LogP contribution in [0.2, 0.25) is 5.02 Å². The Labute approximate surface area is 177 Å². The number of aryl methyl sites for hydroxylation is 1. The van der Waals surface area contributed by atoms with E-state index < -0.39 is 0 Å². The molecule has 6 heteroatoms. The van der Waals surface area contributed by atoms with E-state index in [-0.39, 0.29) is 12.5 Å². The molecule has 0 atom stereocenters. The Balaban J connectivity index is 1.70. The van der Waals surface area contributed by atoms with Gasteiger partial charge in [-0.05, 0) is 55.0 Å². The number of para-hydroxylation sites is 1. The normalized spacial score (nSPS) is 10.8. The van der Waals surface area contributed by atoms with Gasteiger partial charge in [0.1, 0.15) is 5.75 Å². The van der Waals surface area contributed by atoms with Crippen LogP contribution in [0.15, 0.2) is 76.2 Å². The summed E-state index contributed by atoms with van der Waals surface area (Å²) in [6.07, 6.45) is 1.69. The molecule has 0 aliphatic heterocycles. The van der Waals surface area contributed by atoms with Crippen LogP contribution in [0.5, 0.6) is 5.75 Å². The highest BCUT2D eigenvalue weighted by Crippen LogP contribution is 2.25. The molecule has 1 N–H and O–H groups in total. The van der Waals surface area contributed by atoms with Gasteiger partial charge in [-0.2, -0.15) is 0 Å². The first-order chi connectivity index (χ1) is 13.5. The van der Waals surface area contributed by atoms with Crippen LogP contribution in [0.25, 0.3) is 0 Å². The highest BCUT2D eigenvalue weighted by molar-refractivity contribution is 9.10. The molecular weight excluding hydrogens is 440 g/mol. The third kappa shape index (κ3) is 5.68. The lowest BCUT2D eigenvalue weighted by atomic mass is 10.2. The van der Waals surface area contributed by atoms with Gasteiger partial charge in [0.2, 0.25) is 0 Å². The van der Waals surface area contributed by atoms with Crippen molar-refractivity contribution in [2.75, 3.05) is 11.9 Å². The predicted molar refractivity (Wildman–Crippen MR) is 118 cm³/mol. The summed E-state index contributed by atoms with van der Waals surface area (Å²) in [5.74, 6) is 0.329. The van der Waals surface area contributed by atoms with Gasteiger partial charge in [-0.3, -0.25) is 9.79 Å². The highest BCUT2D eigenvalue weighted by atomic mass is 79.9. The minimum atomic E-state index is -0.234. The largest absolute Gasteiger partial charge is 0.483 e. The maximum absolute atomic E-state index is 12.1. The zero-order valence-electron chi connectivity index (χ0n) is 15.2. The summed E-state index contributed by atoms with van der Waals surface area (Å²) in [7, 11) is 0. The molecule has 0 aromatic heterocycles. The number of rotatable bonds is 6. The van der Waals surface area contributed by atoms with Gasteiger partial charge in [0, 0.05) is 27.0 Å². The van der Waals surface area contributed by atoms with Crippen LogP contribution in [-0.4, -0.2) is 18.7 Å². The van der Waals surface area contributed by atoms with Crippen molar-refractivity contribution in [3.05, 3.63) is 87.4 Å². The first kappa shape index (κ1) is 20.1. The van der Waals surface area contributed by atoms with Crippen LogP contribution in [0.4, 0.5) is 11.4 Å². The molecule has 3 rings (SSSR count). The van der Waals surface area contributed by atoms with E-state index in [1.807, 2.05) is 61.5 Å². The molecule has 28 heavy (non-hydrogen) atoms. The summed E-state index contributed by atoms with van der Waals surface area (Å²) < 4.78 is 6.59. The molecule has 142 valence electrons. The van der Waals surface area contributed by atoms with Crippen LogP contribution in [-0.2, 0) is 4.79 Å². The van der Waals surface area contributed by atoms with Gasteiger partial charge >= 0.3 is 0 Å². The second-order valence-corrected chi connectivity index (χ2v) is 7.40. The van der Waals surface area contributed by atoms with Crippen molar-refractivity contribution in [3.63, 3.8) is 0 Å². The molecule has 0 fully saturated rings. The predicted octanol–water partition coefficient (Wildman–Crippen LogP) is 6.18. The maximum atomic E-state index is 12.1. The molecule has 0 radical (unpaired) electrons. The Morgan fingerprint density at radius 3 is 2.68 bits per heavy atom. The summed E-state index contributed by atoms with van der Waals surface area (Å²) in [5.41, 5.74) is 3.21. The van der Waals surface area contributed by atoms with E-state index in [4.69, 9.17) is 16.3 Å². The molecule has 1 amide bonds. The van der Waals surface area contributed by atoms with E-state index >= 15 is 0 Å². The summed E-state index contributed by atoms with van der Waals surface area (Å²) in [5, 5.41) is 3.46. The second kappa shape index (κ2) is 9.53. The van der Waals surface area contributed by atoms with Gasteiger partial charge in [-0.25, -0.2) is 0 Å². The van der Waals surface area contributed by atoms with Crippen molar-refractivity contribution in [2.45, 2.75) is 6.92 Å². The first-order valence-electron chi connectivity index (χ1n) is 8.59. The van der Waals surface area contributed by atoms with Gasteiger partial charge in [-0.15, -0.1) is 0 Å². The average molecular weight is 458 g/mol. The SMILES string of the molecule is Cc1ccc(N=Cc2cc(Br)ccc2OCC(=O)Nc2ccccc2)cc1Cl. The number of hydrogen-bond acceptors (Lipinski definition) is 3. The molecule has 0 aliphatic carbocycles. The Morgan fingerprint density at radius 2 is 1.93 bits per heavy atom. The minimum absolute atomic E-state index is 0.103. The molecule has 3 aromatic rings. The fourth-order valence-electron chi connectivity index (χ4n) is 2.42. The number of hydrogen-bond donors (Lipinski definition) is 1. The van der Waals surface area contributed by atoms with E-state index in [1.54, 1.807) is 18.3 Å². The number of amides is 1. The molecule has 0 heterocycles. The molecule has 3 aromatic carbocycles. The molecule has 0 unspecified atom stereocenters. The topological polar surface area (TPSA) is 50.7 Å². The number of halogens is 2. The smallest absolute Gasteiger partial charge is 0.262 e. The van der Waals surface area contributed by atoms with Gasteiger partial charge in [0.05, 0.1) is 5.69 Å². The third-order valence-corrected chi connectivity index (χ3v) is 4.80. The summed E-state index contributed by atoms with van der Waals surface area (Å²) in [6.45, 7) is 1.84. The lowest BCUT2D eigenvalue weighted by Gasteiger charge is -2.10. The van der Waals surface area contributed by atoms with Crippen LogP contribution < -0.4 is 10.1 Å². The molecule has 0 saturated heterocycles. The van der Waals surface area contributed by atoms with Gasteiger partial charge in [-0.1, -0.05) is 51.8 Å². The molecule has 4 nitrogen and oxygen atoms in total. The molecular formula is C22H18BrClN2O2. The number of carbonyl (C=O) groups excluding carboxylic acids is 1. The first-order valence-corrected chi connectivity index (χ1v) is 9.76. The van der Waals surface area contributed by atoms with Gasteiger partial charge in [0.15, 0.2) is 6.61 Å². The molecule has 0 bridgehead atoms. The number of nitrogens with zero attached hydrogens (tertiary/aromatic N) is 1. The zero-order chi connectivity index (χ0) is 19.9. The van der Waals surface area contributed by atoms with Crippen LogP contribution >= 0.6 is 27.5 Å². The Bertz CT molecular complexity index is 1010.